The highest BCUT2D eigenvalue weighted by Gasteiger charge is 2.39. The molecule has 2 rings (SSSR count). The molecule has 0 aliphatic carbocycles. The Hall–Kier alpha value is -1.42. The van der Waals surface area contributed by atoms with Gasteiger partial charge >= 0.3 is 0 Å². The minimum Gasteiger partial charge on any atom is -0.321 e. The molecule has 1 amide bonds. The molecule has 1 N–H and O–H groups in total. The summed E-state index contributed by atoms with van der Waals surface area (Å²) >= 11 is 0. The molecule has 1 aliphatic heterocycles. The van der Waals surface area contributed by atoms with Gasteiger partial charge in [-0.2, -0.15) is 0 Å². The Morgan fingerprint density at radius 1 is 1.35 bits per heavy atom. The van der Waals surface area contributed by atoms with Crippen LogP contribution in [0.1, 0.15) is 45.3 Å². The van der Waals surface area contributed by atoms with Crippen molar-refractivity contribution in [3.8, 4) is 0 Å². The monoisotopic (exact) mass is 278 g/mol. The number of nitrogens with zero attached hydrogens (tertiary/aromatic N) is 1. The van der Waals surface area contributed by atoms with Crippen LogP contribution in [0.25, 0.3) is 0 Å². The molecule has 0 aromatic heterocycles. The van der Waals surface area contributed by atoms with E-state index < -0.39 is 0 Å². The third-order valence-corrected chi connectivity index (χ3v) is 3.59. The van der Waals surface area contributed by atoms with Crippen molar-refractivity contribution in [1.29, 1.82) is 0 Å². The Kier molecular flexibility index (Phi) is 4.76. The minimum absolute atomic E-state index is 0.0915. The van der Waals surface area contributed by atoms with Crippen molar-refractivity contribution in [3.05, 3.63) is 35.6 Å². The second-order valence-electron chi connectivity index (χ2n) is 5.82. The van der Waals surface area contributed by atoms with Crippen molar-refractivity contribution in [2.45, 2.75) is 45.8 Å². The van der Waals surface area contributed by atoms with Gasteiger partial charge in [0.05, 0.1) is 6.04 Å². The Morgan fingerprint density at radius 2 is 2.05 bits per heavy atom. The minimum atomic E-state index is -0.345. The highest BCUT2D eigenvalue weighted by Crippen LogP contribution is 2.29. The lowest BCUT2D eigenvalue weighted by Gasteiger charge is -2.26. The molecule has 4 heteroatoms. The summed E-state index contributed by atoms with van der Waals surface area (Å²) in [6, 6.07) is 6.49. The predicted octanol–water partition coefficient (Wildman–Crippen LogP) is 3.08. The van der Waals surface area contributed by atoms with Crippen LogP contribution in [0.4, 0.5) is 4.39 Å². The van der Waals surface area contributed by atoms with E-state index in [0.717, 1.165) is 12.8 Å². The largest absolute Gasteiger partial charge is 0.321 e. The van der Waals surface area contributed by atoms with Gasteiger partial charge in [-0.3, -0.25) is 10.1 Å². The van der Waals surface area contributed by atoms with E-state index in [1.165, 1.54) is 6.07 Å². The van der Waals surface area contributed by atoms with Crippen LogP contribution in [0.3, 0.4) is 0 Å². The van der Waals surface area contributed by atoms with Gasteiger partial charge in [0, 0.05) is 12.1 Å². The molecule has 1 saturated heterocycles. The van der Waals surface area contributed by atoms with E-state index in [9.17, 15) is 9.18 Å². The smallest absolute Gasteiger partial charge is 0.241 e. The van der Waals surface area contributed by atoms with Crippen LogP contribution in [0, 0.1) is 11.7 Å². The van der Waals surface area contributed by atoms with Crippen LogP contribution < -0.4 is 5.32 Å². The maximum absolute atomic E-state index is 14.0. The van der Waals surface area contributed by atoms with Crippen molar-refractivity contribution in [3.63, 3.8) is 0 Å². The fourth-order valence-corrected chi connectivity index (χ4v) is 2.72. The molecule has 1 aliphatic rings. The van der Waals surface area contributed by atoms with Gasteiger partial charge in [0.25, 0.3) is 0 Å². The number of carbonyl (C=O) groups excluding carboxylic acids is 1. The molecule has 3 nitrogen and oxygen atoms in total. The lowest BCUT2D eigenvalue weighted by atomic mass is 10.1. The molecule has 20 heavy (non-hydrogen) atoms. The van der Waals surface area contributed by atoms with Gasteiger partial charge in [-0.25, -0.2) is 4.39 Å². The second-order valence-corrected chi connectivity index (χ2v) is 5.82. The van der Waals surface area contributed by atoms with E-state index >= 15 is 0 Å². The summed E-state index contributed by atoms with van der Waals surface area (Å²) in [5.41, 5.74) is 0.556. The average molecular weight is 278 g/mol. The molecular formula is C16H23FN2O. The van der Waals surface area contributed by atoms with Crippen LogP contribution in [0.2, 0.25) is 0 Å². The fraction of sp³-hybridized carbons (Fsp3) is 0.562. The van der Waals surface area contributed by atoms with Crippen molar-refractivity contribution >= 4 is 5.91 Å². The van der Waals surface area contributed by atoms with Crippen molar-refractivity contribution in [1.82, 2.24) is 10.2 Å². The molecule has 0 spiro atoms. The highest BCUT2D eigenvalue weighted by atomic mass is 19.1. The standard InChI is InChI=1S/C16H23FN2O/c1-4-7-14-16(20)19(10-11(2)3)15(18-14)12-8-5-6-9-13(12)17/h5-6,8-9,11,14-15,18H,4,7,10H2,1-3H3. The number of benzene rings is 1. The van der Waals surface area contributed by atoms with Crippen molar-refractivity contribution < 1.29 is 9.18 Å². The highest BCUT2D eigenvalue weighted by molar-refractivity contribution is 5.84. The fourth-order valence-electron chi connectivity index (χ4n) is 2.72. The average Bonchev–Trinajstić information content (AvgIpc) is 2.68. The Morgan fingerprint density at radius 3 is 2.65 bits per heavy atom. The van der Waals surface area contributed by atoms with Crippen molar-refractivity contribution in [2.24, 2.45) is 5.92 Å². The first-order valence-corrected chi connectivity index (χ1v) is 7.35. The molecule has 1 aromatic carbocycles. The van der Waals surface area contributed by atoms with Gasteiger partial charge in [0.2, 0.25) is 5.91 Å². The van der Waals surface area contributed by atoms with Gasteiger partial charge in [0.1, 0.15) is 12.0 Å². The number of hydrogen-bond acceptors (Lipinski definition) is 2. The van der Waals surface area contributed by atoms with Crippen LogP contribution in [0.5, 0.6) is 0 Å². The zero-order chi connectivity index (χ0) is 14.7. The normalized spacial score (nSPS) is 22.9. The zero-order valence-electron chi connectivity index (χ0n) is 12.4. The number of nitrogens with one attached hydrogen (secondary N) is 1. The van der Waals surface area contributed by atoms with E-state index in [4.69, 9.17) is 0 Å². The third-order valence-electron chi connectivity index (χ3n) is 3.59. The number of halogens is 1. The lowest BCUT2D eigenvalue weighted by Crippen LogP contribution is -2.34. The summed E-state index contributed by atoms with van der Waals surface area (Å²) in [5.74, 6) is 0.188. The molecule has 0 bridgehead atoms. The number of hydrogen-bond donors (Lipinski definition) is 1. The molecule has 1 fully saturated rings. The number of amides is 1. The first-order chi connectivity index (χ1) is 9.54. The van der Waals surface area contributed by atoms with Crippen molar-refractivity contribution in [2.75, 3.05) is 6.54 Å². The zero-order valence-corrected chi connectivity index (χ0v) is 12.4. The maximum atomic E-state index is 14.0. The molecule has 0 radical (unpaired) electrons. The molecular weight excluding hydrogens is 255 g/mol. The van der Waals surface area contributed by atoms with E-state index in [1.807, 2.05) is 6.07 Å². The summed E-state index contributed by atoms with van der Waals surface area (Å²) in [7, 11) is 0. The van der Waals surface area contributed by atoms with Crippen LogP contribution in [-0.4, -0.2) is 23.4 Å². The van der Waals surface area contributed by atoms with Crippen LogP contribution >= 0.6 is 0 Å². The summed E-state index contributed by atoms with van der Waals surface area (Å²) in [6.07, 6.45) is 1.38. The predicted molar refractivity (Wildman–Crippen MR) is 77.5 cm³/mol. The van der Waals surface area contributed by atoms with Crippen LogP contribution in [0.15, 0.2) is 24.3 Å². The van der Waals surface area contributed by atoms with Gasteiger partial charge in [-0.1, -0.05) is 45.4 Å². The quantitative estimate of drug-likeness (QED) is 0.897. The second kappa shape index (κ2) is 6.35. The van der Waals surface area contributed by atoms with Gasteiger partial charge in [-0.15, -0.1) is 0 Å². The molecule has 1 heterocycles. The topological polar surface area (TPSA) is 32.3 Å². The van der Waals surface area contributed by atoms with Crippen LogP contribution in [-0.2, 0) is 4.79 Å². The first kappa shape index (κ1) is 15.0. The molecule has 2 atom stereocenters. The lowest BCUT2D eigenvalue weighted by molar-refractivity contribution is -0.130. The molecule has 110 valence electrons. The van der Waals surface area contributed by atoms with E-state index in [2.05, 4.69) is 26.1 Å². The summed E-state index contributed by atoms with van der Waals surface area (Å²) in [4.78, 5) is 14.2. The van der Waals surface area contributed by atoms with E-state index in [-0.39, 0.29) is 23.9 Å². The molecule has 2 unspecified atom stereocenters. The van der Waals surface area contributed by atoms with Gasteiger partial charge in [-0.05, 0) is 18.4 Å². The SMILES string of the molecule is CCCC1NC(c2ccccc2F)N(CC(C)C)C1=O. The molecule has 0 saturated carbocycles. The van der Waals surface area contributed by atoms with E-state index in [0.29, 0.717) is 18.0 Å². The first-order valence-electron chi connectivity index (χ1n) is 7.35. The summed E-state index contributed by atoms with van der Waals surface area (Å²) < 4.78 is 14.0. The van der Waals surface area contributed by atoms with Gasteiger partial charge < -0.3 is 4.90 Å². The number of rotatable bonds is 5. The van der Waals surface area contributed by atoms with Gasteiger partial charge in [0.15, 0.2) is 0 Å². The number of carbonyl (C=O) groups is 1. The maximum Gasteiger partial charge on any atom is 0.241 e. The Labute approximate surface area is 120 Å². The molecule has 1 aromatic rings. The summed E-state index contributed by atoms with van der Waals surface area (Å²) in [5, 5.41) is 3.29. The third kappa shape index (κ3) is 3.01. The Bertz CT molecular complexity index is 475. The summed E-state index contributed by atoms with van der Waals surface area (Å²) in [6.45, 7) is 6.83. The Balaban J connectivity index is 2.29. The van der Waals surface area contributed by atoms with E-state index in [1.54, 1.807) is 17.0 Å².